The monoisotopic (exact) mass is 460 g/mol. The second-order valence-electron chi connectivity index (χ2n) is 6.20. The fourth-order valence-electron chi connectivity index (χ4n) is 2.44. The predicted octanol–water partition coefficient (Wildman–Crippen LogP) is 4.12. The first-order valence-corrected chi connectivity index (χ1v) is 12.3. The third kappa shape index (κ3) is 6.88. The molecule has 0 aliphatic carbocycles. The molecule has 0 heterocycles. The van der Waals surface area contributed by atoms with E-state index in [1.807, 2.05) is 12.1 Å². The molecule has 0 radical (unpaired) electrons. The molecule has 0 aliphatic rings. The number of hydrogen-bond donors (Lipinski definition) is 1. The molecule has 0 aromatic heterocycles. The second kappa shape index (κ2) is 10.4. The molecular formula is C19H22Cl2N2O3S2. The van der Waals surface area contributed by atoms with Crippen LogP contribution in [-0.2, 0) is 20.6 Å². The van der Waals surface area contributed by atoms with E-state index in [4.69, 9.17) is 23.2 Å². The lowest BCUT2D eigenvalue weighted by Gasteiger charge is -2.22. The van der Waals surface area contributed by atoms with E-state index in [1.165, 1.54) is 29.3 Å². The van der Waals surface area contributed by atoms with Gasteiger partial charge >= 0.3 is 0 Å². The third-order valence-electron chi connectivity index (χ3n) is 3.97. The number of nitrogens with one attached hydrogen (secondary N) is 1. The van der Waals surface area contributed by atoms with Crippen LogP contribution in [0.4, 0.5) is 5.69 Å². The van der Waals surface area contributed by atoms with Crippen LogP contribution >= 0.6 is 35.0 Å². The van der Waals surface area contributed by atoms with E-state index in [0.717, 1.165) is 22.1 Å². The maximum Gasteiger partial charge on any atom is 0.240 e. The summed E-state index contributed by atoms with van der Waals surface area (Å²) in [6.07, 6.45) is 1.04. The van der Waals surface area contributed by atoms with E-state index in [1.54, 1.807) is 11.8 Å². The summed E-state index contributed by atoms with van der Waals surface area (Å²) < 4.78 is 25.2. The molecule has 0 aliphatic heterocycles. The van der Waals surface area contributed by atoms with Crippen LogP contribution in [0.5, 0.6) is 0 Å². The van der Waals surface area contributed by atoms with Crippen LogP contribution in [0.25, 0.3) is 0 Å². The van der Waals surface area contributed by atoms with Crippen LogP contribution in [-0.4, -0.2) is 39.4 Å². The minimum Gasteiger partial charge on any atom is -0.354 e. The summed E-state index contributed by atoms with van der Waals surface area (Å²) >= 11 is 13.6. The van der Waals surface area contributed by atoms with Crippen molar-refractivity contribution in [1.82, 2.24) is 5.32 Å². The molecular weight excluding hydrogens is 439 g/mol. The Morgan fingerprint density at radius 3 is 2.50 bits per heavy atom. The number of nitrogens with zero attached hydrogens (tertiary/aromatic N) is 1. The molecule has 0 saturated heterocycles. The Kier molecular flexibility index (Phi) is 8.49. The lowest BCUT2D eigenvalue weighted by atomic mass is 10.1. The first kappa shape index (κ1) is 22.9. The number of rotatable bonds is 9. The van der Waals surface area contributed by atoms with Crippen LogP contribution in [0, 0.1) is 6.92 Å². The number of carbonyl (C=O) groups excluding carboxylic acids is 1. The molecule has 0 fully saturated rings. The van der Waals surface area contributed by atoms with Crippen molar-refractivity contribution in [1.29, 1.82) is 0 Å². The minimum atomic E-state index is -3.65. The van der Waals surface area contributed by atoms with Gasteiger partial charge in [-0.1, -0.05) is 47.5 Å². The fraction of sp³-hybridized carbons (Fsp3) is 0.316. The number of thioether (sulfide) groups is 1. The highest BCUT2D eigenvalue weighted by Crippen LogP contribution is 2.28. The number of amides is 1. The fourth-order valence-corrected chi connectivity index (χ4v) is 4.52. The van der Waals surface area contributed by atoms with Gasteiger partial charge in [-0.05, 0) is 36.2 Å². The van der Waals surface area contributed by atoms with Crippen molar-refractivity contribution in [2.75, 3.05) is 29.4 Å². The van der Waals surface area contributed by atoms with Gasteiger partial charge in [-0.3, -0.25) is 9.10 Å². The number of hydrogen-bond acceptors (Lipinski definition) is 4. The summed E-state index contributed by atoms with van der Waals surface area (Å²) in [6, 6.07) is 12.6. The normalized spacial score (nSPS) is 11.3. The van der Waals surface area contributed by atoms with Gasteiger partial charge in [0.1, 0.15) is 6.54 Å². The Morgan fingerprint density at radius 2 is 1.86 bits per heavy atom. The van der Waals surface area contributed by atoms with E-state index in [2.05, 4.69) is 24.4 Å². The Hall–Kier alpha value is -1.41. The van der Waals surface area contributed by atoms with Gasteiger partial charge < -0.3 is 5.32 Å². The average molecular weight is 461 g/mol. The van der Waals surface area contributed by atoms with E-state index in [9.17, 15) is 13.2 Å². The van der Waals surface area contributed by atoms with Crippen LogP contribution in [0.3, 0.4) is 0 Å². The number of aryl methyl sites for hydroxylation is 1. The van der Waals surface area contributed by atoms with Gasteiger partial charge in [0.25, 0.3) is 0 Å². The highest BCUT2D eigenvalue weighted by molar-refractivity contribution is 7.98. The smallest absolute Gasteiger partial charge is 0.240 e. The molecule has 2 aromatic carbocycles. The van der Waals surface area contributed by atoms with Crippen molar-refractivity contribution < 1.29 is 13.2 Å². The molecule has 0 spiro atoms. The number of sulfonamides is 1. The van der Waals surface area contributed by atoms with Gasteiger partial charge in [-0.2, -0.15) is 11.8 Å². The molecule has 0 unspecified atom stereocenters. The Balaban J connectivity index is 1.86. The number of carbonyl (C=O) groups is 1. The minimum absolute atomic E-state index is 0.223. The lowest BCUT2D eigenvalue weighted by molar-refractivity contribution is -0.119. The van der Waals surface area contributed by atoms with Crippen molar-refractivity contribution in [3.63, 3.8) is 0 Å². The topological polar surface area (TPSA) is 66.5 Å². The molecule has 2 rings (SSSR count). The van der Waals surface area contributed by atoms with Crippen LogP contribution in [0.2, 0.25) is 10.0 Å². The molecule has 9 heteroatoms. The van der Waals surface area contributed by atoms with Crippen molar-refractivity contribution in [3.8, 4) is 0 Å². The zero-order chi connectivity index (χ0) is 20.7. The number of anilines is 1. The van der Waals surface area contributed by atoms with Gasteiger partial charge in [-0.25, -0.2) is 8.42 Å². The van der Waals surface area contributed by atoms with Crippen molar-refractivity contribution >= 4 is 56.6 Å². The maximum absolute atomic E-state index is 12.2. The Bertz CT molecular complexity index is 937. The largest absolute Gasteiger partial charge is 0.354 e. The van der Waals surface area contributed by atoms with E-state index in [-0.39, 0.29) is 17.5 Å². The summed E-state index contributed by atoms with van der Waals surface area (Å²) in [7, 11) is -3.65. The van der Waals surface area contributed by atoms with Crippen molar-refractivity contribution in [3.05, 3.63) is 63.6 Å². The van der Waals surface area contributed by atoms with Crippen LogP contribution < -0.4 is 9.62 Å². The standard InChI is InChI=1S/C19H22Cl2N2O3S2/c1-14-5-3-4-6-15(14)13-27-10-9-22-19(24)12-23(28(2,25)26)16-7-8-17(20)18(21)11-16/h3-8,11H,9-10,12-13H2,1-2H3,(H,22,24). The molecule has 1 N–H and O–H groups in total. The summed E-state index contributed by atoms with van der Waals surface area (Å²) in [5.74, 6) is 1.21. The third-order valence-corrected chi connectivity index (χ3v) is 6.85. The second-order valence-corrected chi connectivity index (χ2v) is 10.0. The van der Waals surface area contributed by atoms with Gasteiger partial charge in [0.15, 0.2) is 0 Å². The Labute approximate surface area is 180 Å². The number of halogens is 2. The first-order chi connectivity index (χ1) is 13.2. The SMILES string of the molecule is Cc1ccccc1CSCCNC(=O)CN(c1ccc(Cl)c(Cl)c1)S(C)(=O)=O. The summed E-state index contributed by atoms with van der Waals surface area (Å²) in [4.78, 5) is 12.2. The molecule has 0 saturated carbocycles. The highest BCUT2D eigenvalue weighted by Gasteiger charge is 2.21. The molecule has 152 valence electrons. The first-order valence-electron chi connectivity index (χ1n) is 8.50. The zero-order valence-corrected chi connectivity index (χ0v) is 18.8. The molecule has 5 nitrogen and oxygen atoms in total. The van der Waals surface area contributed by atoms with Crippen LogP contribution in [0.1, 0.15) is 11.1 Å². The predicted molar refractivity (Wildman–Crippen MR) is 119 cm³/mol. The lowest BCUT2D eigenvalue weighted by Crippen LogP contribution is -2.41. The van der Waals surface area contributed by atoms with E-state index in [0.29, 0.717) is 17.3 Å². The van der Waals surface area contributed by atoms with Gasteiger partial charge in [0, 0.05) is 18.1 Å². The van der Waals surface area contributed by atoms with Gasteiger partial charge in [0.2, 0.25) is 15.9 Å². The van der Waals surface area contributed by atoms with Gasteiger partial charge in [-0.15, -0.1) is 0 Å². The molecule has 1 amide bonds. The van der Waals surface area contributed by atoms with E-state index < -0.39 is 10.0 Å². The molecule has 28 heavy (non-hydrogen) atoms. The molecule has 0 bridgehead atoms. The van der Waals surface area contributed by atoms with E-state index >= 15 is 0 Å². The Morgan fingerprint density at radius 1 is 1.14 bits per heavy atom. The van der Waals surface area contributed by atoms with Crippen LogP contribution in [0.15, 0.2) is 42.5 Å². The average Bonchev–Trinajstić information content (AvgIpc) is 2.62. The van der Waals surface area contributed by atoms with Gasteiger partial charge in [0.05, 0.1) is 22.0 Å². The summed E-state index contributed by atoms with van der Waals surface area (Å²) in [6.45, 7) is 2.20. The van der Waals surface area contributed by atoms with Crippen molar-refractivity contribution in [2.24, 2.45) is 0 Å². The zero-order valence-electron chi connectivity index (χ0n) is 15.6. The molecule has 2 aromatic rings. The summed E-state index contributed by atoms with van der Waals surface area (Å²) in [5.41, 5.74) is 2.80. The van der Waals surface area contributed by atoms with Crippen molar-refractivity contribution in [2.45, 2.75) is 12.7 Å². The maximum atomic E-state index is 12.2. The quantitative estimate of drug-likeness (QED) is 0.571. The molecule has 0 atom stereocenters. The summed E-state index contributed by atoms with van der Waals surface area (Å²) in [5, 5.41) is 3.29. The highest BCUT2D eigenvalue weighted by atomic mass is 35.5. The number of benzene rings is 2.